The Kier molecular flexibility index (Phi) is 4.58. The minimum Gasteiger partial charge on any atom is -0.494 e. The van der Waals surface area contributed by atoms with Crippen molar-refractivity contribution in [2.24, 2.45) is 0 Å². The van der Waals surface area contributed by atoms with E-state index in [4.69, 9.17) is 4.74 Å². The van der Waals surface area contributed by atoms with Crippen LogP contribution in [0.15, 0.2) is 42.5 Å². The van der Waals surface area contributed by atoms with Crippen LogP contribution in [-0.2, 0) is 0 Å². The molecular formula is C17H18FNO2. The molecule has 0 saturated carbocycles. The molecule has 0 saturated heterocycles. The van der Waals surface area contributed by atoms with Gasteiger partial charge in [0, 0.05) is 5.56 Å². The molecule has 0 spiro atoms. The predicted octanol–water partition coefficient (Wildman–Crippen LogP) is 3.63. The third kappa shape index (κ3) is 3.60. The van der Waals surface area contributed by atoms with Crippen molar-refractivity contribution in [2.45, 2.75) is 19.9 Å². The number of benzene rings is 2. The molecule has 2 rings (SSSR count). The van der Waals surface area contributed by atoms with Crippen LogP contribution < -0.4 is 10.1 Å². The lowest BCUT2D eigenvalue weighted by Crippen LogP contribution is -2.26. The van der Waals surface area contributed by atoms with Crippen LogP contribution in [0.2, 0.25) is 0 Å². The van der Waals surface area contributed by atoms with Gasteiger partial charge in [-0.1, -0.05) is 23.8 Å². The number of aryl methyl sites for hydroxylation is 1. The molecule has 4 heteroatoms. The summed E-state index contributed by atoms with van der Waals surface area (Å²) in [7, 11) is 1.42. The second-order valence-corrected chi connectivity index (χ2v) is 4.96. The number of methoxy groups -OCH3 is 1. The van der Waals surface area contributed by atoms with Gasteiger partial charge in [0.25, 0.3) is 5.91 Å². The molecule has 0 heterocycles. The van der Waals surface area contributed by atoms with E-state index in [0.717, 1.165) is 5.56 Å². The quantitative estimate of drug-likeness (QED) is 0.932. The SMILES string of the molecule is COc1ccc([C@H](C)NC(=O)c2cccc(C)c2)cc1F. The van der Waals surface area contributed by atoms with E-state index in [1.807, 2.05) is 32.0 Å². The molecule has 0 unspecified atom stereocenters. The molecule has 0 aliphatic carbocycles. The lowest BCUT2D eigenvalue weighted by Gasteiger charge is -2.15. The van der Waals surface area contributed by atoms with Gasteiger partial charge in [-0.3, -0.25) is 4.79 Å². The molecule has 0 aliphatic heterocycles. The van der Waals surface area contributed by atoms with Crippen molar-refractivity contribution < 1.29 is 13.9 Å². The van der Waals surface area contributed by atoms with E-state index in [1.54, 1.807) is 18.2 Å². The fourth-order valence-electron chi connectivity index (χ4n) is 2.10. The van der Waals surface area contributed by atoms with Crippen LogP contribution >= 0.6 is 0 Å². The van der Waals surface area contributed by atoms with Gasteiger partial charge in [0.15, 0.2) is 11.6 Å². The van der Waals surface area contributed by atoms with Gasteiger partial charge in [0.05, 0.1) is 13.2 Å². The molecule has 1 atom stereocenters. The monoisotopic (exact) mass is 287 g/mol. The summed E-state index contributed by atoms with van der Waals surface area (Å²) < 4.78 is 18.6. The highest BCUT2D eigenvalue weighted by Crippen LogP contribution is 2.22. The molecule has 3 nitrogen and oxygen atoms in total. The highest BCUT2D eigenvalue weighted by atomic mass is 19.1. The zero-order valence-corrected chi connectivity index (χ0v) is 12.3. The fourth-order valence-corrected chi connectivity index (χ4v) is 2.10. The topological polar surface area (TPSA) is 38.3 Å². The summed E-state index contributed by atoms with van der Waals surface area (Å²) in [6.07, 6.45) is 0. The number of rotatable bonds is 4. The summed E-state index contributed by atoms with van der Waals surface area (Å²) in [4.78, 5) is 12.2. The van der Waals surface area contributed by atoms with Crippen LogP contribution in [0.1, 0.15) is 34.5 Å². The minimum absolute atomic E-state index is 0.178. The van der Waals surface area contributed by atoms with E-state index in [0.29, 0.717) is 11.1 Å². The maximum atomic E-state index is 13.7. The number of carbonyl (C=O) groups excluding carboxylic acids is 1. The van der Waals surface area contributed by atoms with Gasteiger partial charge in [-0.15, -0.1) is 0 Å². The Morgan fingerprint density at radius 2 is 2.00 bits per heavy atom. The Hall–Kier alpha value is -2.36. The number of ether oxygens (including phenoxy) is 1. The van der Waals surface area contributed by atoms with Crippen molar-refractivity contribution in [3.05, 3.63) is 65.0 Å². The van der Waals surface area contributed by atoms with Gasteiger partial charge < -0.3 is 10.1 Å². The minimum atomic E-state index is -0.438. The van der Waals surface area contributed by atoms with Crippen LogP contribution in [0.5, 0.6) is 5.75 Å². The summed E-state index contributed by atoms with van der Waals surface area (Å²) in [5, 5.41) is 2.86. The second kappa shape index (κ2) is 6.39. The average Bonchev–Trinajstić information content (AvgIpc) is 2.47. The van der Waals surface area contributed by atoms with Gasteiger partial charge in [-0.25, -0.2) is 4.39 Å². The highest BCUT2D eigenvalue weighted by molar-refractivity contribution is 5.94. The molecule has 21 heavy (non-hydrogen) atoms. The molecule has 0 fully saturated rings. The molecule has 1 N–H and O–H groups in total. The maximum absolute atomic E-state index is 13.7. The van der Waals surface area contributed by atoms with E-state index in [2.05, 4.69) is 5.32 Å². The Morgan fingerprint density at radius 3 is 2.62 bits per heavy atom. The van der Waals surface area contributed by atoms with Crippen LogP contribution in [0.25, 0.3) is 0 Å². The number of amides is 1. The molecule has 1 amide bonds. The maximum Gasteiger partial charge on any atom is 0.251 e. The lowest BCUT2D eigenvalue weighted by atomic mass is 10.1. The zero-order chi connectivity index (χ0) is 15.4. The van der Waals surface area contributed by atoms with E-state index in [9.17, 15) is 9.18 Å². The van der Waals surface area contributed by atoms with Crippen molar-refractivity contribution in [3.8, 4) is 5.75 Å². The van der Waals surface area contributed by atoms with E-state index in [-0.39, 0.29) is 17.7 Å². The summed E-state index contributed by atoms with van der Waals surface area (Å²) >= 11 is 0. The molecule has 0 aliphatic rings. The number of hydrogen-bond donors (Lipinski definition) is 1. The number of halogens is 1. The molecule has 0 radical (unpaired) electrons. The van der Waals surface area contributed by atoms with Crippen molar-refractivity contribution >= 4 is 5.91 Å². The number of hydrogen-bond acceptors (Lipinski definition) is 2. The lowest BCUT2D eigenvalue weighted by molar-refractivity contribution is 0.0939. The Bertz CT molecular complexity index is 655. The van der Waals surface area contributed by atoms with Crippen LogP contribution in [-0.4, -0.2) is 13.0 Å². The van der Waals surface area contributed by atoms with Gasteiger partial charge in [0.2, 0.25) is 0 Å². The zero-order valence-electron chi connectivity index (χ0n) is 12.3. The summed E-state index contributed by atoms with van der Waals surface area (Å²) in [5.41, 5.74) is 2.30. The van der Waals surface area contributed by atoms with Gasteiger partial charge in [-0.2, -0.15) is 0 Å². The van der Waals surface area contributed by atoms with Gasteiger partial charge in [0.1, 0.15) is 0 Å². The third-order valence-electron chi connectivity index (χ3n) is 3.30. The first-order valence-electron chi connectivity index (χ1n) is 6.72. The van der Waals surface area contributed by atoms with Crippen molar-refractivity contribution in [3.63, 3.8) is 0 Å². The summed E-state index contributed by atoms with van der Waals surface area (Å²) in [5.74, 6) is -0.426. The summed E-state index contributed by atoms with van der Waals surface area (Å²) in [6, 6.07) is 11.7. The molecule has 0 aromatic heterocycles. The standard InChI is InChI=1S/C17H18FNO2/c1-11-5-4-6-14(9-11)17(20)19-12(2)13-7-8-16(21-3)15(18)10-13/h4-10,12H,1-3H3,(H,19,20)/t12-/m0/s1. The first-order valence-corrected chi connectivity index (χ1v) is 6.72. The molecule has 2 aromatic carbocycles. The largest absolute Gasteiger partial charge is 0.494 e. The fraction of sp³-hybridized carbons (Fsp3) is 0.235. The van der Waals surface area contributed by atoms with Crippen molar-refractivity contribution in [2.75, 3.05) is 7.11 Å². The molecular weight excluding hydrogens is 269 g/mol. The van der Waals surface area contributed by atoms with Crippen molar-refractivity contribution in [1.82, 2.24) is 5.32 Å². The van der Waals surface area contributed by atoms with Crippen LogP contribution in [0, 0.1) is 12.7 Å². The molecule has 2 aromatic rings. The van der Waals surface area contributed by atoms with Crippen LogP contribution in [0.3, 0.4) is 0 Å². The predicted molar refractivity (Wildman–Crippen MR) is 80.0 cm³/mol. The van der Waals surface area contributed by atoms with E-state index in [1.165, 1.54) is 13.2 Å². The van der Waals surface area contributed by atoms with Gasteiger partial charge in [-0.05, 0) is 43.7 Å². The smallest absolute Gasteiger partial charge is 0.251 e. The molecule has 110 valence electrons. The summed E-state index contributed by atoms with van der Waals surface area (Å²) in [6.45, 7) is 3.74. The van der Waals surface area contributed by atoms with Crippen LogP contribution in [0.4, 0.5) is 4.39 Å². The second-order valence-electron chi connectivity index (χ2n) is 4.96. The Morgan fingerprint density at radius 1 is 1.24 bits per heavy atom. The third-order valence-corrected chi connectivity index (χ3v) is 3.30. The van der Waals surface area contributed by atoms with Gasteiger partial charge >= 0.3 is 0 Å². The number of nitrogens with one attached hydrogen (secondary N) is 1. The first kappa shape index (κ1) is 15.0. The Labute approximate surface area is 123 Å². The van der Waals surface area contributed by atoms with E-state index >= 15 is 0 Å². The van der Waals surface area contributed by atoms with E-state index < -0.39 is 5.82 Å². The first-order chi connectivity index (χ1) is 10.0. The molecule has 0 bridgehead atoms. The highest BCUT2D eigenvalue weighted by Gasteiger charge is 2.13. The average molecular weight is 287 g/mol. The normalized spacial score (nSPS) is 11.8. The number of carbonyl (C=O) groups is 1. The Balaban J connectivity index is 2.12. The van der Waals surface area contributed by atoms with Crippen molar-refractivity contribution in [1.29, 1.82) is 0 Å².